The number of hydrogen-bond acceptors (Lipinski definition) is 4. The zero-order valence-electron chi connectivity index (χ0n) is 13.2. The minimum absolute atomic E-state index is 0.281. The third-order valence-corrected chi connectivity index (χ3v) is 2.94. The molecule has 1 atom stereocenters. The lowest BCUT2D eigenvalue weighted by atomic mass is 10.2. The molecule has 0 heterocycles. The average Bonchev–Trinajstić information content (AvgIpc) is 2.48. The van der Waals surface area contributed by atoms with Crippen LogP contribution in [0.15, 0.2) is 24.3 Å². The predicted molar refractivity (Wildman–Crippen MR) is 85.8 cm³/mol. The number of benzene rings is 1. The lowest BCUT2D eigenvalue weighted by Crippen LogP contribution is -2.35. The van der Waals surface area contributed by atoms with Crippen LogP contribution in [0.3, 0.4) is 0 Å². The topological polar surface area (TPSA) is 50.7 Å². The van der Waals surface area contributed by atoms with Crippen molar-refractivity contribution < 1.29 is 14.6 Å². The number of hydrogen-bond donors (Lipinski definition) is 2. The van der Waals surface area contributed by atoms with Crippen molar-refractivity contribution >= 4 is 0 Å². The van der Waals surface area contributed by atoms with Gasteiger partial charge in [0.2, 0.25) is 0 Å². The van der Waals surface area contributed by atoms with Gasteiger partial charge in [0.25, 0.3) is 0 Å². The fourth-order valence-corrected chi connectivity index (χ4v) is 1.72. The molecule has 0 saturated carbocycles. The first-order valence-corrected chi connectivity index (χ1v) is 7.68. The van der Waals surface area contributed by atoms with Crippen LogP contribution in [-0.4, -0.2) is 37.0 Å². The summed E-state index contributed by atoms with van der Waals surface area (Å²) in [6.45, 7) is 9.42. The van der Waals surface area contributed by atoms with Crippen LogP contribution in [0.5, 0.6) is 11.5 Å². The van der Waals surface area contributed by atoms with Gasteiger partial charge in [-0.2, -0.15) is 0 Å². The fraction of sp³-hybridized carbons (Fsp3) is 0.588. The number of nitrogens with one attached hydrogen (secondary N) is 1. The Morgan fingerprint density at radius 2 is 1.71 bits per heavy atom. The highest BCUT2D eigenvalue weighted by Crippen LogP contribution is 2.18. The summed E-state index contributed by atoms with van der Waals surface area (Å²) in [4.78, 5) is 0. The summed E-state index contributed by atoms with van der Waals surface area (Å²) < 4.78 is 11.2. The van der Waals surface area contributed by atoms with Gasteiger partial charge in [-0.3, -0.25) is 0 Å². The second-order valence-corrected chi connectivity index (χ2v) is 5.41. The normalized spacial score (nSPS) is 12.4. The molecule has 0 spiro atoms. The van der Waals surface area contributed by atoms with E-state index in [2.05, 4.69) is 12.2 Å². The van der Waals surface area contributed by atoms with Crippen LogP contribution in [0.25, 0.3) is 0 Å². The van der Waals surface area contributed by atoms with E-state index in [0.29, 0.717) is 12.6 Å². The van der Waals surface area contributed by atoms with E-state index in [1.807, 2.05) is 38.1 Å². The lowest BCUT2D eigenvalue weighted by molar-refractivity contribution is 0.104. The van der Waals surface area contributed by atoms with Gasteiger partial charge in [-0.1, -0.05) is 33.6 Å². The molecule has 2 N–H and O–H groups in total. The van der Waals surface area contributed by atoms with Crippen LogP contribution in [0.4, 0.5) is 0 Å². The van der Waals surface area contributed by atoms with Gasteiger partial charge in [0, 0.05) is 12.6 Å². The van der Waals surface area contributed by atoms with Crippen molar-refractivity contribution in [3.63, 3.8) is 0 Å². The first kappa shape index (κ1) is 17.8. The van der Waals surface area contributed by atoms with Gasteiger partial charge in [0.1, 0.15) is 24.2 Å². The minimum Gasteiger partial charge on any atom is -0.494 e. The summed E-state index contributed by atoms with van der Waals surface area (Å²) >= 11 is 0. The lowest BCUT2D eigenvalue weighted by Gasteiger charge is -2.15. The zero-order valence-corrected chi connectivity index (χ0v) is 13.2. The van der Waals surface area contributed by atoms with Gasteiger partial charge in [-0.25, -0.2) is 0 Å². The number of unbranched alkanes of at least 4 members (excludes halogenated alkanes) is 2. The van der Waals surface area contributed by atoms with Crippen molar-refractivity contribution in [1.29, 1.82) is 0 Å². The van der Waals surface area contributed by atoms with E-state index in [9.17, 15) is 5.11 Å². The summed E-state index contributed by atoms with van der Waals surface area (Å²) in [6, 6.07) is 7.86. The molecule has 0 bridgehead atoms. The molecule has 4 nitrogen and oxygen atoms in total. The van der Waals surface area contributed by atoms with Crippen LogP contribution in [0, 0.1) is 6.92 Å². The fourth-order valence-electron chi connectivity index (χ4n) is 1.72. The van der Waals surface area contributed by atoms with E-state index in [0.717, 1.165) is 37.4 Å². The molecule has 0 aromatic heterocycles. The first-order chi connectivity index (χ1) is 10.1. The molecule has 1 rings (SSSR count). The second kappa shape index (κ2) is 10.5. The second-order valence-electron chi connectivity index (χ2n) is 5.41. The Labute approximate surface area is 128 Å². The Balaban J connectivity index is 2.24. The summed E-state index contributed by atoms with van der Waals surface area (Å²) in [6.07, 6.45) is 2.55. The molecule has 4 heteroatoms. The van der Waals surface area contributed by atoms with Crippen molar-refractivity contribution in [3.05, 3.63) is 31.2 Å². The summed E-state index contributed by atoms with van der Waals surface area (Å²) in [5.74, 6) is 1.58. The third kappa shape index (κ3) is 8.58. The molecule has 1 unspecified atom stereocenters. The number of ether oxygens (including phenoxy) is 2. The Hall–Kier alpha value is -1.26. The highest BCUT2D eigenvalue weighted by molar-refractivity contribution is 5.31. The van der Waals surface area contributed by atoms with Crippen molar-refractivity contribution in [2.24, 2.45) is 0 Å². The van der Waals surface area contributed by atoms with Crippen molar-refractivity contribution in [2.45, 2.75) is 45.3 Å². The minimum atomic E-state index is -0.508. The van der Waals surface area contributed by atoms with Gasteiger partial charge >= 0.3 is 0 Å². The Bertz CT molecular complexity index is 365. The van der Waals surface area contributed by atoms with E-state index >= 15 is 0 Å². The SMILES string of the molecule is [CH2]CCCCOc1ccc(OCC(O)CNC(C)C)cc1. The first-order valence-electron chi connectivity index (χ1n) is 7.68. The van der Waals surface area contributed by atoms with Gasteiger partial charge < -0.3 is 19.9 Å². The molecule has 0 aliphatic rings. The molecule has 0 saturated heterocycles. The van der Waals surface area contributed by atoms with E-state index in [1.54, 1.807) is 0 Å². The van der Waals surface area contributed by atoms with Crippen LogP contribution < -0.4 is 14.8 Å². The summed E-state index contributed by atoms with van der Waals surface area (Å²) in [7, 11) is 0. The molecule has 0 aliphatic carbocycles. The monoisotopic (exact) mass is 294 g/mol. The maximum Gasteiger partial charge on any atom is 0.119 e. The van der Waals surface area contributed by atoms with Crippen LogP contribution in [0.1, 0.15) is 33.1 Å². The molecule has 119 valence electrons. The van der Waals surface area contributed by atoms with E-state index < -0.39 is 6.10 Å². The quantitative estimate of drug-likeness (QED) is 0.616. The molecule has 0 amide bonds. The largest absolute Gasteiger partial charge is 0.494 e. The van der Waals surface area contributed by atoms with Gasteiger partial charge in [-0.05, 0) is 30.7 Å². The summed E-state index contributed by atoms with van der Waals surface area (Å²) in [5.41, 5.74) is 0. The van der Waals surface area contributed by atoms with E-state index in [1.165, 1.54) is 0 Å². The average molecular weight is 294 g/mol. The predicted octanol–water partition coefficient (Wildman–Crippen LogP) is 2.81. The highest BCUT2D eigenvalue weighted by atomic mass is 16.5. The number of aliphatic hydroxyl groups is 1. The van der Waals surface area contributed by atoms with Crippen molar-refractivity contribution in [2.75, 3.05) is 19.8 Å². The maximum absolute atomic E-state index is 9.76. The number of aliphatic hydroxyl groups excluding tert-OH is 1. The molecule has 1 radical (unpaired) electrons. The van der Waals surface area contributed by atoms with Gasteiger partial charge in [-0.15, -0.1) is 0 Å². The van der Waals surface area contributed by atoms with Crippen LogP contribution in [0.2, 0.25) is 0 Å². The van der Waals surface area contributed by atoms with Gasteiger partial charge in [0.05, 0.1) is 6.61 Å². The molecular weight excluding hydrogens is 266 g/mol. The Morgan fingerprint density at radius 3 is 2.29 bits per heavy atom. The molecular formula is C17H28NO3. The standard InChI is InChI=1S/C17H28NO3/c1-4-5-6-11-20-16-7-9-17(10-8-16)21-13-15(19)12-18-14(2)3/h7-10,14-15,18-19H,1,4-6,11-13H2,2-3H3. The molecule has 21 heavy (non-hydrogen) atoms. The maximum atomic E-state index is 9.76. The van der Waals surface area contributed by atoms with Gasteiger partial charge in [0.15, 0.2) is 0 Å². The van der Waals surface area contributed by atoms with Crippen LogP contribution >= 0.6 is 0 Å². The zero-order chi connectivity index (χ0) is 15.5. The van der Waals surface area contributed by atoms with Crippen LogP contribution in [-0.2, 0) is 0 Å². The number of rotatable bonds is 11. The third-order valence-electron chi connectivity index (χ3n) is 2.94. The molecule has 1 aromatic rings. The molecule has 1 aromatic carbocycles. The molecule has 0 aliphatic heterocycles. The smallest absolute Gasteiger partial charge is 0.119 e. The molecule has 0 fully saturated rings. The Kier molecular flexibility index (Phi) is 8.87. The van der Waals surface area contributed by atoms with E-state index in [-0.39, 0.29) is 6.61 Å². The highest BCUT2D eigenvalue weighted by Gasteiger charge is 2.06. The van der Waals surface area contributed by atoms with Crippen molar-refractivity contribution in [3.8, 4) is 11.5 Å². The summed E-state index contributed by atoms with van der Waals surface area (Å²) in [5, 5.41) is 12.9. The van der Waals surface area contributed by atoms with E-state index in [4.69, 9.17) is 9.47 Å². The Morgan fingerprint density at radius 1 is 1.10 bits per heavy atom. The van der Waals surface area contributed by atoms with Crippen molar-refractivity contribution in [1.82, 2.24) is 5.32 Å².